The number of carbonyl (C=O) groups is 2. The predicted molar refractivity (Wildman–Crippen MR) is 96.1 cm³/mol. The van der Waals surface area contributed by atoms with E-state index in [4.69, 9.17) is 9.47 Å². The van der Waals surface area contributed by atoms with E-state index in [1.165, 1.54) is 0 Å². The number of rotatable bonds is 5. The van der Waals surface area contributed by atoms with Gasteiger partial charge in [0.05, 0.1) is 6.61 Å². The number of nitrogens with zero attached hydrogens (tertiary/aromatic N) is 2. The van der Waals surface area contributed by atoms with Crippen LogP contribution in [0.4, 0.5) is 4.79 Å². The van der Waals surface area contributed by atoms with Crippen LogP contribution in [0.3, 0.4) is 0 Å². The van der Waals surface area contributed by atoms with Crippen LogP contribution < -0.4 is 10.1 Å². The highest BCUT2D eigenvalue weighted by Gasteiger charge is 2.24. The summed E-state index contributed by atoms with van der Waals surface area (Å²) in [4.78, 5) is 30.0. The summed E-state index contributed by atoms with van der Waals surface area (Å²) in [5, 5.41) is 3.00. The third kappa shape index (κ3) is 4.65. The van der Waals surface area contributed by atoms with Gasteiger partial charge >= 0.3 is 6.09 Å². The maximum atomic E-state index is 12.2. The van der Waals surface area contributed by atoms with Crippen molar-refractivity contribution in [3.63, 3.8) is 0 Å². The first-order valence-electron chi connectivity index (χ1n) is 9.48. The molecule has 0 bridgehead atoms. The van der Waals surface area contributed by atoms with Gasteiger partial charge < -0.3 is 19.7 Å². The van der Waals surface area contributed by atoms with Gasteiger partial charge in [-0.3, -0.25) is 9.78 Å². The van der Waals surface area contributed by atoms with Crippen molar-refractivity contribution in [2.45, 2.75) is 51.5 Å². The Morgan fingerprint density at radius 2 is 2.04 bits per heavy atom. The molecule has 0 saturated carbocycles. The summed E-state index contributed by atoms with van der Waals surface area (Å²) < 4.78 is 10.8. The highest BCUT2D eigenvalue weighted by molar-refractivity contribution is 5.78. The van der Waals surface area contributed by atoms with E-state index in [9.17, 15) is 9.59 Å². The van der Waals surface area contributed by atoms with Crippen LogP contribution in [0.15, 0.2) is 12.3 Å². The lowest BCUT2D eigenvalue weighted by molar-refractivity contribution is -0.124. The van der Waals surface area contributed by atoms with E-state index in [1.807, 2.05) is 6.07 Å². The molecule has 1 aliphatic carbocycles. The lowest BCUT2D eigenvalue weighted by atomic mass is 9.95. The molecule has 2 heterocycles. The fraction of sp³-hybridized carbons (Fsp3) is 0.632. The molecule has 0 radical (unpaired) electrons. The number of likely N-dealkylation sites (tertiary alicyclic amines) is 1. The van der Waals surface area contributed by atoms with Gasteiger partial charge in [0.25, 0.3) is 5.91 Å². The van der Waals surface area contributed by atoms with Crippen molar-refractivity contribution in [1.82, 2.24) is 15.2 Å². The van der Waals surface area contributed by atoms with Gasteiger partial charge in [0.2, 0.25) is 0 Å². The van der Waals surface area contributed by atoms with Crippen LogP contribution in [0, 0.1) is 0 Å². The van der Waals surface area contributed by atoms with Crippen LogP contribution in [0.5, 0.6) is 5.75 Å². The Bertz CT molecular complexity index is 642. The smallest absolute Gasteiger partial charge is 0.409 e. The summed E-state index contributed by atoms with van der Waals surface area (Å²) in [7, 11) is 0. The summed E-state index contributed by atoms with van der Waals surface area (Å²) in [5.74, 6) is 0.655. The number of amides is 2. The van der Waals surface area contributed by atoms with Crippen LogP contribution in [-0.2, 0) is 22.4 Å². The lowest BCUT2D eigenvalue weighted by Crippen LogP contribution is -2.47. The Hall–Kier alpha value is -2.31. The van der Waals surface area contributed by atoms with Crippen molar-refractivity contribution in [2.24, 2.45) is 0 Å². The van der Waals surface area contributed by atoms with Gasteiger partial charge in [-0.2, -0.15) is 0 Å². The minimum absolute atomic E-state index is 0.00848. The second kappa shape index (κ2) is 8.87. The molecule has 1 aromatic heterocycles. The second-order valence-electron chi connectivity index (χ2n) is 6.76. The molecule has 0 spiro atoms. The number of fused-ring (bicyclic) bond motifs is 1. The predicted octanol–water partition coefficient (Wildman–Crippen LogP) is 2.08. The zero-order chi connectivity index (χ0) is 18.4. The van der Waals surface area contributed by atoms with E-state index < -0.39 is 0 Å². The third-order valence-electron chi connectivity index (χ3n) is 4.94. The molecule has 1 aromatic rings. The topological polar surface area (TPSA) is 80.8 Å². The molecule has 142 valence electrons. The molecular weight excluding hydrogens is 334 g/mol. The molecule has 1 N–H and O–H groups in total. The molecule has 1 fully saturated rings. The quantitative estimate of drug-likeness (QED) is 0.868. The highest BCUT2D eigenvalue weighted by Crippen LogP contribution is 2.27. The number of hydrogen-bond acceptors (Lipinski definition) is 5. The Balaban J connectivity index is 1.44. The second-order valence-corrected chi connectivity index (χ2v) is 6.76. The van der Waals surface area contributed by atoms with Gasteiger partial charge in [0.15, 0.2) is 6.61 Å². The van der Waals surface area contributed by atoms with Crippen molar-refractivity contribution in [3.05, 3.63) is 23.5 Å². The minimum Gasteiger partial charge on any atom is -0.483 e. The zero-order valence-electron chi connectivity index (χ0n) is 15.3. The fourth-order valence-electron chi connectivity index (χ4n) is 3.56. The molecule has 2 amide bonds. The molecule has 2 aliphatic rings. The lowest BCUT2D eigenvalue weighted by Gasteiger charge is -2.31. The molecule has 1 saturated heterocycles. The number of piperidine rings is 1. The molecule has 26 heavy (non-hydrogen) atoms. The average molecular weight is 361 g/mol. The maximum Gasteiger partial charge on any atom is 0.409 e. The number of pyridine rings is 1. The molecule has 7 nitrogen and oxygen atoms in total. The Labute approximate surface area is 154 Å². The fourth-order valence-corrected chi connectivity index (χ4v) is 3.56. The van der Waals surface area contributed by atoms with E-state index in [2.05, 4.69) is 10.3 Å². The van der Waals surface area contributed by atoms with Crippen LogP contribution >= 0.6 is 0 Å². The maximum absolute atomic E-state index is 12.2. The summed E-state index contributed by atoms with van der Waals surface area (Å²) in [5.41, 5.74) is 2.25. The Morgan fingerprint density at radius 1 is 1.27 bits per heavy atom. The minimum atomic E-state index is -0.275. The first-order valence-corrected chi connectivity index (χ1v) is 9.48. The van der Waals surface area contributed by atoms with Gasteiger partial charge in [0, 0.05) is 36.6 Å². The van der Waals surface area contributed by atoms with Gasteiger partial charge in [-0.1, -0.05) is 0 Å². The standard InChI is InChI=1S/C19H27N3O4/c1-2-25-19(24)22-11-8-14(9-12-22)21-18(23)13-26-17-7-10-20-16-6-4-3-5-15(16)17/h7,10,14H,2-6,8-9,11-13H2,1H3,(H,21,23). The SMILES string of the molecule is CCOC(=O)N1CCC(NC(=O)COc2ccnc3c2CCCC3)CC1. The van der Waals surface area contributed by atoms with E-state index in [0.29, 0.717) is 19.7 Å². The van der Waals surface area contributed by atoms with Crippen LogP contribution in [0.1, 0.15) is 43.9 Å². The van der Waals surface area contributed by atoms with Crippen LogP contribution in [-0.4, -0.2) is 54.2 Å². The van der Waals surface area contributed by atoms with Crippen LogP contribution in [0.25, 0.3) is 0 Å². The monoisotopic (exact) mass is 361 g/mol. The van der Waals surface area contributed by atoms with E-state index in [-0.39, 0.29) is 24.6 Å². The molecule has 0 aromatic carbocycles. The van der Waals surface area contributed by atoms with Crippen molar-refractivity contribution in [3.8, 4) is 5.75 Å². The van der Waals surface area contributed by atoms with Gasteiger partial charge in [-0.05, 0) is 51.5 Å². The number of nitrogens with one attached hydrogen (secondary N) is 1. The van der Waals surface area contributed by atoms with Crippen molar-refractivity contribution in [2.75, 3.05) is 26.3 Å². The number of aryl methyl sites for hydroxylation is 1. The van der Waals surface area contributed by atoms with Crippen molar-refractivity contribution in [1.29, 1.82) is 0 Å². The van der Waals surface area contributed by atoms with E-state index in [0.717, 1.165) is 55.5 Å². The number of hydrogen-bond donors (Lipinski definition) is 1. The van der Waals surface area contributed by atoms with E-state index >= 15 is 0 Å². The molecule has 0 atom stereocenters. The molecule has 1 aliphatic heterocycles. The van der Waals surface area contributed by atoms with Crippen LogP contribution in [0.2, 0.25) is 0 Å². The molecular formula is C19H27N3O4. The van der Waals surface area contributed by atoms with E-state index in [1.54, 1.807) is 18.0 Å². The molecule has 3 rings (SSSR count). The summed E-state index contributed by atoms with van der Waals surface area (Å²) >= 11 is 0. The first kappa shape index (κ1) is 18.5. The van der Waals surface area contributed by atoms with Crippen molar-refractivity contribution >= 4 is 12.0 Å². The molecule has 7 heteroatoms. The van der Waals surface area contributed by atoms with Crippen molar-refractivity contribution < 1.29 is 19.1 Å². The zero-order valence-corrected chi connectivity index (χ0v) is 15.3. The normalized spacial score (nSPS) is 17.3. The van der Waals surface area contributed by atoms with Gasteiger partial charge in [0.1, 0.15) is 5.75 Å². The summed E-state index contributed by atoms with van der Waals surface area (Å²) in [6, 6.07) is 1.91. The largest absolute Gasteiger partial charge is 0.483 e. The molecule has 0 unspecified atom stereocenters. The highest BCUT2D eigenvalue weighted by atomic mass is 16.6. The Morgan fingerprint density at radius 3 is 2.81 bits per heavy atom. The average Bonchev–Trinajstić information content (AvgIpc) is 2.67. The summed E-state index contributed by atoms with van der Waals surface area (Å²) in [6.07, 6.45) is 7.19. The van der Waals surface area contributed by atoms with Gasteiger partial charge in [-0.25, -0.2) is 4.79 Å². The first-order chi connectivity index (χ1) is 12.7. The number of aromatic nitrogens is 1. The summed E-state index contributed by atoms with van der Waals surface area (Å²) in [6.45, 7) is 3.38. The van der Waals surface area contributed by atoms with Gasteiger partial charge in [-0.15, -0.1) is 0 Å². The Kier molecular flexibility index (Phi) is 6.30. The number of carbonyl (C=O) groups excluding carboxylic acids is 2. The third-order valence-corrected chi connectivity index (χ3v) is 4.94. The number of ether oxygens (including phenoxy) is 2.